The van der Waals surface area contributed by atoms with E-state index in [0.29, 0.717) is 4.83 Å². The fourth-order valence-corrected chi connectivity index (χ4v) is 3.76. The van der Waals surface area contributed by atoms with Gasteiger partial charge in [0.25, 0.3) is 0 Å². The molecule has 0 heterocycles. The molecule has 2 unspecified atom stereocenters. The van der Waals surface area contributed by atoms with Crippen LogP contribution in [0.1, 0.15) is 54.7 Å². The van der Waals surface area contributed by atoms with E-state index in [1.54, 1.807) is 5.56 Å². The van der Waals surface area contributed by atoms with Crippen LogP contribution in [0.4, 0.5) is 0 Å². The average Bonchev–Trinajstić information content (AvgIpc) is 2.41. The van der Waals surface area contributed by atoms with Gasteiger partial charge in [-0.1, -0.05) is 64.5 Å². The number of aryl methyl sites for hydroxylation is 2. The molecule has 1 aromatic rings. The van der Waals surface area contributed by atoms with Gasteiger partial charge in [-0.15, -0.1) is 0 Å². The van der Waals surface area contributed by atoms with Gasteiger partial charge in [-0.25, -0.2) is 0 Å². The summed E-state index contributed by atoms with van der Waals surface area (Å²) >= 11 is 3.89. The van der Waals surface area contributed by atoms with Crippen molar-refractivity contribution in [2.75, 3.05) is 0 Å². The first-order valence-electron chi connectivity index (χ1n) is 6.39. The summed E-state index contributed by atoms with van der Waals surface area (Å²) in [5, 5.41) is 0. The normalized spacial score (nSPS) is 26.4. The molecule has 0 aliphatic heterocycles. The molecule has 0 N–H and O–H groups in total. The highest BCUT2D eigenvalue weighted by molar-refractivity contribution is 9.09. The maximum atomic E-state index is 3.89. The van der Waals surface area contributed by atoms with Crippen molar-refractivity contribution in [3.05, 3.63) is 34.9 Å². The van der Waals surface area contributed by atoms with Crippen molar-refractivity contribution in [1.82, 2.24) is 0 Å². The Morgan fingerprint density at radius 3 is 2.25 bits per heavy atom. The molecule has 0 bridgehead atoms. The van der Waals surface area contributed by atoms with Gasteiger partial charge in [0.15, 0.2) is 0 Å². The van der Waals surface area contributed by atoms with Gasteiger partial charge in [0.05, 0.1) is 0 Å². The second-order valence-corrected chi connectivity index (χ2v) is 6.36. The zero-order valence-corrected chi connectivity index (χ0v) is 11.9. The van der Waals surface area contributed by atoms with E-state index in [1.807, 2.05) is 0 Å². The van der Waals surface area contributed by atoms with Gasteiger partial charge in [-0.2, -0.15) is 0 Å². The lowest BCUT2D eigenvalue weighted by molar-refractivity contribution is 0.612. The molecule has 1 saturated carbocycles. The molecule has 0 saturated heterocycles. The van der Waals surface area contributed by atoms with Crippen molar-refractivity contribution >= 4 is 15.9 Å². The topological polar surface area (TPSA) is 0 Å². The summed E-state index contributed by atoms with van der Waals surface area (Å²) in [6, 6.07) is 7.01. The van der Waals surface area contributed by atoms with E-state index in [4.69, 9.17) is 0 Å². The number of hydrogen-bond acceptors (Lipinski definition) is 0. The quantitative estimate of drug-likeness (QED) is 0.495. The van der Waals surface area contributed by atoms with Crippen molar-refractivity contribution in [2.45, 2.75) is 56.7 Å². The fraction of sp³-hybridized carbons (Fsp3) is 0.600. The van der Waals surface area contributed by atoms with Crippen LogP contribution in [0.2, 0.25) is 0 Å². The van der Waals surface area contributed by atoms with Crippen LogP contribution in [0.5, 0.6) is 0 Å². The Morgan fingerprint density at radius 2 is 1.56 bits per heavy atom. The van der Waals surface area contributed by atoms with Crippen LogP contribution in [-0.2, 0) is 0 Å². The van der Waals surface area contributed by atoms with Gasteiger partial charge in [-0.05, 0) is 38.2 Å². The number of halogens is 1. The Balaban J connectivity index is 2.26. The molecule has 1 aromatic carbocycles. The summed E-state index contributed by atoms with van der Waals surface area (Å²) in [6.45, 7) is 4.41. The van der Waals surface area contributed by atoms with Crippen molar-refractivity contribution in [3.63, 3.8) is 0 Å². The first kappa shape index (κ1) is 12.2. The zero-order valence-electron chi connectivity index (χ0n) is 10.3. The van der Waals surface area contributed by atoms with Crippen LogP contribution in [0.15, 0.2) is 18.2 Å². The van der Waals surface area contributed by atoms with E-state index in [1.165, 1.54) is 43.2 Å². The number of alkyl halides is 1. The lowest BCUT2D eigenvalue weighted by atomic mass is 9.89. The van der Waals surface area contributed by atoms with Gasteiger partial charge in [0.2, 0.25) is 0 Å². The third-order valence-corrected chi connectivity index (χ3v) is 4.70. The first-order chi connectivity index (χ1) is 7.66. The highest BCUT2D eigenvalue weighted by Gasteiger charge is 2.22. The molecule has 2 rings (SSSR count). The van der Waals surface area contributed by atoms with Crippen molar-refractivity contribution in [2.24, 2.45) is 0 Å². The van der Waals surface area contributed by atoms with E-state index in [-0.39, 0.29) is 0 Å². The van der Waals surface area contributed by atoms with Gasteiger partial charge in [0, 0.05) is 4.83 Å². The van der Waals surface area contributed by atoms with Crippen molar-refractivity contribution in [3.8, 4) is 0 Å². The predicted molar refractivity (Wildman–Crippen MR) is 74.5 cm³/mol. The molecule has 0 radical (unpaired) electrons. The average molecular weight is 281 g/mol. The molecule has 16 heavy (non-hydrogen) atoms. The third kappa shape index (κ3) is 2.88. The van der Waals surface area contributed by atoms with Crippen LogP contribution >= 0.6 is 15.9 Å². The highest BCUT2D eigenvalue weighted by Crippen LogP contribution is 2.36. The van der Waals surface area contributed by atoms with Crippen LogP contribution in [0.3, 0.4) is 0 Å². The zero-order chi connectivity index (χ0) is 11.5. The van der Waals surface area contributed by atoms with Crippen LogP contribution < -0.4 is 0 Å². The summed E-state index contributed by atoms with van der Waals surface area (Å²) in [5.74, 6) is 0.723. The van der Waals surface area contributed by atoms with Crippen molar-refractivity contribution < 1.29 is 0 Å². The van der Waals surface area contributed by atoms with Crippen LogP contribution in [0, 0.1) is 13.8 Å². The smallest absolute Gasteiger partial charge is 0.0214 e. The largest absolute Gasteiger partial charge is 0.0884 e. The molecule has 1 heteroatoms. The van der Waals surface area contributed by atoms with Gasteiger partial charge in [-0.3, -0.25) is 0 Å². The van der Waals surface area contributed by atoms with E-state index >= 15 is 0 Å². The maximum absolute atomic E-state index is 3.89. The summed E-state index contributed by atoms with van der Waals surface area (Å²) < 4.78 is 0. The van der Waals surface area contributed by atoms with Crippen LogP contribution in [-0.4, -0.2) is 4.83 Å². The SMILES string of the molecule is Cc1cc(C)cc(C2CCCCCC2Br)c1. The molecular formula is C15H21Br. The summed E-state index contributed by atoms with van der Waals surface area (Å²) in [6.07, 6.45) is 6.86. The van der Waals surface area contributed by atoms with E-state index < -0.39 is 0 Å². The molecule has 1 aliphatic rings. The second kappa shape index (κ2) is 5.35. The Morgan fingerprint density at radius 1 is 0.938 bits per heavy atom. The Kier molecular flexibility index (Phi) is 4.07. The summed E-state index contributed by atoms with van der Waals surface area (Å²) in [4.78, 5) is 0.677. The minimum Gasteiger partial charge on any atom is -0.0884 e. The second-order valence-electron chi connectivity index (χ2n) is 5.18. The monoisotopic (exact) mass is 280 g/mol. The number of rotatable bonds is 1. The van der Waals surface area contributed by atoms with Gasteiger partial charge in [0.1, 0.15) is 0 Å². The molecule has 0 nitrogen and oxygen atoms in total. The van der Waals surface area contributed by atoms with Gasteiger partial charge < -0.3 is 0 Å². The lowest BCUT2D eigenvalue weighted by Gasteiger charge is -2.21. The maximum Gasteiger partial charge on any atom is 0.0214 e. The predicted octanol–water partition coefficient (Wildman–Crippen LogP) is 5.11. The third-order valence-electron chi connectivity index (χ3n) is 3.60. The molecule has 0 spiro atoms. The van der Waals surface area contributed by atoms with Crippen LogP contribution in [0.25, 0.3) is 0 Å². The molecule has 0 amide bonds. The molecule has 2 atom stereocenters. The molecule has 1 aliphatic carbocycles. The summed E-state index contributed by atoms with van der Waals surface area (Å²) in [7, 11) is 0. The Hall–Kier alpha value is -0.300. The van der Waals surface area contributed by atoms with Gasteiger partial charge >= 0.3 is 0 Å². The highest BCUT2D eigenvalue weighted by atomic mass is 79.9. The molecule has 1 fully saturated rings. The first-order valence-corrected chi connectivity index (χ1v) is 7.30. The minimum absolute atomic E-state index is 0.677. The van der Waals surface area contributed by atoms with E-state index in [9.17, 15) is 0 Å². The lowest BCUT2D eigenvalue weighted by Crippen LogP contribution is -2.11. The standard InChI is InChI=1S/C15H21Br/c1-11-8-12(2)10-13(9-11)14-6-4-3-5-7-15(14)16/h8-10,14-15H,3-7H2,1-2H3. The molecular weight excluding hydrogens is 260 g/mol. The number of hydrogen-bond donors (Lipinski definition) is 0. The Bertz CT molecular complexity index is 336. The minimum atomic E-state index is 0.677. The van der Waals surface area contributed by atoms with E-state index in [0.717, 1.165) is 5.92 Å². The van der Waals surface area contributed by atoms with E-state index in [2.05, 4.69) is 48.0 Å². The fourth-order valence-electron chi connectivity index (χ4n) is 2.86. The molecule has 0 aromatic heterocycles. The Labute approximate surface area is 108 Å². The summed E-state index contributed by atoms with van der Waals surface area (Å²) in [5.41, 5.74) is 4.35. The van der Waals surface area contributed by atoms with Crippen molar-refractivity contribution in [1.29, 1.82) is 0 Å². The molecule has 88 valence electrons. The number of benzene rings is 1.